The number of nitrogens with zero attached hydrogens (tertiary/aromatic N) is 1. The van der Waals surface area contributed by atoms with Crippen LogP contribution in [0.3, 0.4) is 0 Å². The van der Waals surface area contributed by atoms with Crippen molar-refractivity contribution in [2.24, 2.45) is 0 Å². The number of nitrogens with two attached hydrogens (primary N) is 1. The predicted octanol–water partition coefficient (Wildman–Crippen LogP) is 6.30. The van der Waals surface area contributed by atoms with Crippen molar-refractivity contribution in [2.75, 3.05) is 12.8 Å². The summed E-state index contributed by atoms with van der Waals surface area (Å²) in [7, 11) is 1.34. The number of benzene rings is 3. The van der Waals surface area contributed by atoms with E-state index in [9.17, 15) is 9.18 Å². The topological polar surface area (TPSA) is 66.5 Å². The minimum atomic E-state index is -0.458. The Morgan fingerprint density at radius 2 is 1.79 bits per heavy atom. The Morgan fingerprint density at radius 3 is 2.52 bits per heavy atom. The second-order valence-electron chi connectivity index (χ2n) is 7.56. The summed E-state index contributed by atoms with van der Waals surface area (Å²) in [6.45, 7) is 2.26. The molecule has 0 saturated carbocycles. The third kappa shape index (κ3) is 4.93. The highest BCUT2D eigenvalue weighted by Gasteiger charge is 2.17. The Hall–Kier alpha value is -3.58. The van der Waals surface area contributed by atoms with E-state index < -0.39 is 5.97 Å². The standard InChI is InChI=1S/C26H22BrFN2O3/c1-16-3-9-24(30(16)22-12-18(26(31)32-2)11-21(29)14-22)23-13-19(27)6-10-25(23)33-15-17-4-7-20(28)8-5-17/h3-14H,15,29H2,1-2H3. The molecule has 3 aromatic carbocycles. The first-order chi connectivity index (χ1) is 15.9. The van der Waals surface area contributed by atoms with Gasteiger partial charge < -0.3 is 19.8 Å². The molecule has 2 N–H and O–H groups in total. The van der Waals surface area contributed by atoms with Gasteiger partial charge in [0.15, 0.2) is 0 Å². The summed E-state index contributed by atoms with van der Waals surface area (Å²) in [6, 6.07) is 21.1. The van der Waals surface area contributed by atoms with E-state index in [1.54, 1.807) is 30.3 Å². The molecule has 4 rings (SSSR count). The minimum absolute atomic E-state index is 0.287. The number of methoxy groups -OCH3 is 1. The fourth-order valence-electron chi connectivity index (χ4n) is 3.66. The van der Waals surface area contributed by atoms with Crippen molar-refractivity contribution < 1.29 is 18.7 Å². The lowest BCUT2D eigenvalue weighted by atomic mass is 10.1. The van der Waals surface area contributed by atoms with Crippen molar-refractivity contribution in [1.82, 2.24) is 4.57 Å². The van der Waals surface area contributed by atoms with Crippen LogP contribution in [-0.4, -0.2) is 17.6 Å². The van der Waals surface area contributed by atoms with Gasteiger partial charge >= 0.3 is 5.97 Å². The highest BCUT2D eigenvalue weighted by molar-refractivity contribution is 9.10. The van der Waals surface area contributed by atoms with Gasteiger partial charge in [0.25, 0.3) is 0 Å². The van der Waals surface area contributed by atoms with E-state index in [4.69, 9.17) is 15.2 Å². The molecule has 0 aliphatic carbocycles. The molecule has 0 fully saturated rings. The summed E-state index contributed by atoms with van der Waals surface area (Å²) in [4.78, 5) is 12.1. The Morgan fingerprint density at radius 1 is 1.03 bits per heavy atom. The molecule has 5 nitrogen and oxygen atoms in total. The van der Waals surface area contributed by atoms with Gasteiger partial charge in [-0.1, -0.05) is 28.1 Å². The minimum Gasteiger partial charge on any atom is -0.488 e. The molecule has 0 spiro atoms. The summed E-state index contributed by atoms with van der Waals surface area (Å²) >= 11 is 3.55. The molecule has 4 aromatic rings. The Balaban J connectivity index is 1.77. The van der Waals surface area contributed by atoms with Gasteiger partial charge in [-0.2, -0.15) is 0 Å². The van der Waals surface area contributed by atoms with Crippen LogP contribution in [0.15, 0.2) is 77.3 Å². The van der Waals surface area contributed by atoms with Gasteiger partial charge in [-0.15, -0.1) is 0 Å². The summed E-state index contributed by atoms with van der Waals surface area (Å²) in [6.07, 6.45) is 0. The fraction of sp³-hybridized carbons (Fsp3) is 0.115. The maximum absolute atomic E-state index is 13.2. The normalized spacial score (nSPS) is 10.8. The van der Waals surface area contributed by atoms with Crippen molar-refractivity contribution in [3.8, 4) is 22.7 Å². The van der Waals surface area contributed by atoms with Crippen LogP contribution in [0, 0.1) is 12.7 Å². The molecule has 0 aliphatic rings. The number of hydrogen-bond acceptors (Lipinski definition) is 4. The lowest BCUT2D eigenvalue weighted by Crippen LogP contribution is -2.07. The Bertz CT molecular complexity index is 1320. The predicted molar refractivity (Wildman–Crippen MR) is 130 cm³/mol. The number of ether oxygens (including phenoxy) is 2. The third-order valence-corrected chi connectivity index (χ3v) is 5.71. The first kappa shape index (κ1) is 22.6. The highest BCUT2D eigenvalue weighted by Crippen LogP contribution is 2.36. The molecular weight excluding hydrogens is 487 g/mol. The number of halogens is 2. The zero-order valence-corrected chi connectivity index (χ0v) is 19.7. The van der Waals surface area contributed by atoms with E-state index in [2.05, 4.69) is 15.9 Å². The third-order valence-electron chi connectivity index (χ3n) is 5.22. The van der Waals surface area contributed by atoms with Gasteiger partial charge in [0.1, 0.15) is 18.2 Å². The number of anilines is 1. The number of nitrogen functional groups attached to an aromatic ring is 1. The quantitative estimate of drug-likeness (QED) is 0.245. The lowest BCUT2D eigenvalue weighted by molar-refractivity contribution is 0.0600. The molecule has 0 radical (unpaired) electrons. The molecule has 168 valence electrons. The van der Waals surface area contributed by atoms with Gasteiger partial charge in [0, 0.05) is 27.1 Å². The van der Waals surface area contributed by atoms with Crippen LogP contribution in [-0.2, 0) is 11.3 Å². The average Bonchev–Trinajstić information content (AvgIpc) is 3.19. The fourth-order valence-corrected chi connectivity index (χ4v) is 4.02. The van der Waals surface area contributed by atoms with Crippen LogP contribution in [0.4, 0.5) is 10.1 Å². The molecule has 1 aromatic heterocycles. The molecule has 0 aliphatic heterocycles. The van der Waals surface area contributed by atoms with Crippen LogP contribution in [0.1, 0.15) is 21.6 Å². The van der Waals surface area contributed by atoms with Crippen molar-refractivity contribution in [1.29, 1.82) is 0 Å². The maximum Gasteiger partial charge on any atom is 0.337 e. The van der Waals surface area contributed by atoms with Gasteiger partial charge in [0.2, 0.25) is 0 Å². The van der Waals surface area contributed by atoms with Gasteiger partial charge in [-0.05, 0) is 73.2 Å². The molecule has 1 heterocycles. The Kier molecular flexibility index (Phi) is 6.51. The zero-order chi connectivity index (χ0) is 23.5. The van der Waals surface area contributed by atoms with E-state index in [-0.39, 0.29) is 5.82 Å². The molecule has 0 amide bonds. The molecule has 0 saturated heterocycles. The first-order valence-electron chi connectivity index (χ1n) is 10.2. The molecule has 0 bridgehead atoms. The maximum atomic E-state index is 13.2. The van der Waals surface area contributed by atoms with Crippen LogP contribution in [0.5, 0.6) is 5.75 Å². The van der Waals surface area contributed by atoms with Crippen LogP contribution in [0.25, 0.3) is 16.9 Å². The number of esters is 1. The van der Waals surface area contributed by atoms with Crippen LogP contribution >= 0.6 is 15.9 Å². The average molecular weight is 509 g/mol. The number of aromatic nitrogens is 1. The van der Waals surface area contributed by atoms with Crippen molar-refractivity contribution in [2.45, 2.75) is 13.5 Å². The zero-order valence-electron chi connectivity index (χ0n) is 18.1. The Labute approximate surface area is 199 Å². The van der Waals surface area contributed by atoms with Crippen molar-refractivity contribution >= 4 is 27.6 Å². The number of carbonyl (C=O) groups is 1. The molecule has 7 heteroatoms. The summed E-state index contributed by atoms with van der Waals surface area (Å²) in [5.74, 6) is -0.0792. The number of carbonyl (C=O) groups excluding carboxylic acids is 1. The second kappa shape index (κ2) is 9.50. The van der Waals surface area contributed by atoms with Crippen molar-refractivity contribution in [3.63, 3.8) is 0 Å². The second-order valence-corrected chi connectivity index (χ2v) is 8.47. The SMILES string of the molecule is COC(=O)c1cc(N)cc(-n2c(C)ccc2-c2cc(Br)ccc2OCc2ccc(F)cc2)c1. The number of rotatable bonds is 6. The molecular formula is C26H22BrFN2O3. The molecule has 33 heavy (non-hydrogen) atoms. The monoisotopic (exact) mass is 508 g/mol. The summed E-state index contributed by atoms with van der Waals surface area (Å²) < 4.78 is 27.1. The van der Waals surface area contributed by atoms with E-state index >= 15 is 0 Å². The molecule has 0 unspecified atom stereocenters. The first-order valence-corrected chi connectivity index (χ1v) is 11.0. The van der Waals surface area contributed by atoms with Gasteiger partial charge in [0.05, 0.1) is 18.4 Å². The van der Waals surface area contributed by atoms with Gasteiger partial charge in [-0.25, -0.2) is 9.18 Å². The van der Waals surface area contributed by atoms with E-state index in [1.165, 1.54) is 19.2 Å². The molecule has 0 atom stereocenters. The summed E-state index contributed by atoms with van der Waals surface area (Å²) in [5, 5.41) is 0. The van der Waals surface area contributed by atoms with E-state index in [1.807, 2.05) is 41.8 Å². The lowest BCUT2D eigenvalue weighted by Gasteiger charge is -2.17. The van der Waals surface area contributed by atoms with Crippen LogP contribution < -0.4 is 10.5 Å². The van der Waals surface area contributed by atoms with Crippen molar-refractivity contribution in [3.05, 3.63) is 99.9 Å². The smallest absolute Gasteiger partial charge is 0.337 e. The number of aryl methyl sites for hydroxylation is 1. The van der Waals surface area contributed by atoms with E-state index in [0.29, 0.717) is 23.6 Å². The highest BCUT2D eigenvalue weighted by atomic mass is 79.9. The van der Waals surface area contributed by atoms with E-state index in [0.717, 1.165) is 32.7 Å². The summed E-state index contributed by atoms with van der Waals surface area (Å²) in [5.41, 5.74) is 11.2. The largest absolute Gasteiger partial charge is 0.488 e. The van der Waals surface area contributed by atoms with Gasteiger partial charge in [-0.3, -0.25) is 0 Å². The number of hydrogen-bond donors (Lipinski definition) is 1. The van der Waals surface area contributed by atoms with Crippen LogP contribution in [0.2, 0.25) is 0 Å².